The Hall–Kier alpha value is -0.610. The Bertz CT molecular complexity index is 308. The quantitative estimate of drug-likeness (QED) is 0.763. The number of esters is 1. The Morgan fingerprint density at radius 1 is 1.39 bits per heavy atom. The molecule has 104 valence electrons. The van der Waals surface area contributed by atoms with Crippen LogP contribution in [-0.4, -0.2) is 31.3 Å². The van der Waals surface area contributed by atoms with E-state index in [2.05, 4.69) is 13.8 Å². The molecule has 0 amide bonds. The third kappa shape index (κ3) is 2.28. The molecule has 2 aliphatic rings. The van der Waals surface area contributed by atoms with Crippen LogP contribution in [0.5, 0.6) is 0 Å². The molecule has 0 aromatic rings. The average molecular weight is 255 g/mol. The largest absolute Gasteiger partial charge is 0.469 e. The zero-order valence-corrected chi connectivity index (χ0v) is 11.6. The van der Waals surface area contributed by atoms with Gasteiger partial charge in [0.15, 0.2) is 0 Å². The summed E-state index contributed by atoms with van der Waals surface area (Å²) in [4.78, 5) is 11.9. The summed E-state index contributed by atoms with van der Waals surface area (Å²) >= 11 is 0. The lowest BCUT2D eigenvalue weighted by Gasteiger charge is -2.41. The van der Waals surface area contributed by atoms with Crippen LogP contribution in [0, 0.1) is 17.8 Å². The molecule has 1 aliphatic carbocycles. The normalized spacial score (nSPS) is 40.4. The highest BCUT2D eigenvalue weighted by molar-refractivity contribution is 5.75. The summed E-state index contributed by atoms with van der Waals surface area (Å²) in [6, 6.07) is -0.215. The molecule has 2 N–H and O–H groups in total. The van der Waals surface area contributed by atoms with Crippen LogP contribution in [0.4, 0.5) is 0 Å². The van der Waals surface area contributed by atoms with Gasteiger partial charge < -0.3 is 15.2 Å². The van der Waals surface area contributed by atoms with Gasteiger partial charge in [-0.1, -0.05) is 13.8 Å². The summed E-state index contributed by atoms with van der Waals surface area (Å²) in [6.07, 6.45) is 4.11. The number of nitrogens with two attached hydrogens (primary N) is 1. The highest BCUT2D eigenvalue weighted by Crippen LogP contribution is 2.46. The van der Waals surface area contributed by atoms with Crippen LogP contribution in [0.1, 0.15) is 39.5 Å². The van der Waals surface area contributed by atoms with Crippen LogP contribution >= 0.6 is 0 Å². The maximum Gasteiger partial charge on any atom is 0.313 e. The first-order valence-electron chi connectivity index (χ1n) is 6.97. The third-order valence-corrected chi connectivity index (χ3v) is 4.83. The molecule has 2 unspecified atom stereocenters. The van der Waals surface area contributed by atoms with Crippen LogP contribution in [0.25, 0.3) is 0 Å². The molecule has 2 atom stereocenters. The molecule has 4 nitrogen and oxygen atoms in total. The van der Waals surface area contributed by atoms with Gasteiger partial charge in [0.2, 0.25) is 0 Å². The van der Waals surface area contributed by atoms with E-state index in [9.17, 15) is 4.79 Å². The fourth-order valence-corrected chi connectivity index (χ4v) is 3.61. The second kappa shape index (κ2) is 5.17. The summed E-state index contributed by atoms with van der Waals surface area (Å²) in [5, 5.41) is 0. The number of hydrogen-bond donors (Lipinski definition) is 1. The van der Waals surface area contributed by atoms with Crippen molar-refractivity contribution in [3.63, 3.8) is 0 Å². The van der Waals surface area contributed by atoms with Crippen molar-refractivity contribution in [3.05, 3.63) is 0 Å². The monoisotopic (exact) mass is 255 g/mol. The van der Waals surface area contributed by atoms with Gasteiger partial charge in [0, 0.05) is 6.04 Å². The molecule has 2 rings (SSSR count). The van der Waals surface area contributed by atoms with E-state index in [1.165, 1.54) is 7.11 Å². The minimum Gasteiger partial charge on any atom is -0.469 e. The van der Waals surface area contributed by atoms with Gasteiger partial charge in [-0.05, 0) is 37.5 Å². The van der Waals surface area contributed by atoms with Crippen molar-refractivity contribution in [2.75, 3.05) is 13.7 Å². The van der Waals surface area contributed by atoms with E-state index in [-0.39, 0.29) is 23.5 Å². The maximum atomic E-state index is 11.9. The molecular formula is C14H25NO3. The van der Waals surface area contributed by atoms with Gasteiger partial charge in [-0.15, -0.1) is 0 Å². The number of carbonyl (C=O) groups is 1. The van der Waals surface area contributed by atoms with E-state index in [4.69, 9.17) is 15.2 Å². The molecule has 1 saturated carbocycles. The van der Waals surface area contributed by atoms with Gasteiger partial charge in [-0.3, -0.25) is 4.79 Å². The Labute approximate surface area is 109 Å². The molecule has 0 bridgehead atoms. The number of rotatable bonds is 2. The van der Waals surface area contributed by atoms with Crippen LogP contribution < -0.4 is 5.73 Å². The van der Waals surface area contributed by atoms with Crippen LogP contribution in [0.3, 0.4) is 0 Å². The van der Waals surface area contributed by atoms with Crippen molar-refractivity contribution in [3.8, 4) is 0 Å². The predicted octanol–water partition coefficient (Wildman–Crippen LogP) is 1.72. The second-order valence-corrected chi connectivity index (χ2v) is 6.12. The number of hydrogen-bond acceptors (Lipinski definition) is 4. The molecule has 1 spiro atoms. The molecule has 4 heteroatoms. The van der Waals surface area contributed by atoms with Crippen molar-refractivity contribution >= 4 is 5.97 Å². The van der Waals surface area contributed by atoms with Gasteiger partial charge in [-0.2, -0.15) is 0 Å². The lowest BCUT2D eigenvalue weighted by Crippen LogP contribution is -2.48. The van der Waals surface area contributed by atoms with E-state index in [0.29, 0.717) is 12.5 Å². The van der Waals surface area contributed by atoms with Crippen molar-refractivity contribution in [1.82, 2.24) is 0 Å². The summed E-state index contributed by atoms with van der Waals surface area (Å²) in [5.74, 6) is 0.960. The van der Waals surface area contributed by atoms with Crippen molar-refractivity contribution in [2.45, 2.75) is 51.2 Å². The summed E-state index contributed by atoms with van der Waals surface area (Å²) in [7, 11) is 1.43. The number of ether oxygens (including phenoxy) is 2. The molecule has 2 fully saturated rings. The Kier molecular flexibility index (Phi) is 3.97. The van der Waals surface area contributed by atoms with Gasteiger partial charge in [-0.25, -0.2) is 0 Å². The standard InChI is InChI=1S/C14H25NO3/c1-9(2)10-4-6-14(7-5-10)12(13(16)17-3)11(15)8-18-14/h9-12H,4-8,15H2,1-3H3. The van der Waals surface area contributed by atoms with E-state index in [1.54, 1.807) is 0 Å². The van der Waals surface area contributed by atoms with E-state index >= 15 is 0 Å². The van der Waals surface area contributed by atoms with Gasteiger partial charge in [0.05, 0.1) is 19.3 Å². The van der Waals surface area contributed by atoms with E-state index in [1.807, 2.05) is 0 Å². The summed E-state index contributed by atoms with van der Waals surface area (Å²) in [5.41, 5.74) is 5.68. The lowest BCUT2D eigenvalue weighted by molar-refractivity contribution is -0.155. The fraction of sp³-hybridized carbons (Fsp3) is 0.929. The minimum absolute atomic E-state index is 0.206. The van der Waals surface area contributed by atoms with Gasteiger partial charge >= 0.3 is 5.97 Å². The number of methoxy groups -OCH3 is 1. The van der Waals surface area contributed by atoms with Crippen molar-refractivity contribution in [1.29, 1.82) is 0 Å². The number of carbonyl (C=O) groups excluding carboxylic acids is 1. The first kappa shape index (κ1) is 13.8. The first-order valence-corrected chi connectivity index (χ1v) is 6.97. The smallest absolute Gasteiger partial charge is 0.313 e. The second-order valence-electron chi connectivity index (χ2n) is 6.12. The Balaban J connectivity index is 2.09. The van der Waals surface area contributed by atoms with Gasteiger partial charge in [0.25, 0.3) is 0 Å². The minimum atomic E-state index is -0.349. The highest BCUT2D eigenvalue weighted by Gasteiger charge is 2.54. The zero-order chi connectivity index (χ0) is 13.3. The maximum absolute atomic E-state index is 11.9. The molecule has 18 heavy (non-hydrogen) atoms. The molecule has 0 aromatic carbocycles. The first-order chi connectivity index (χ1) is 8.50. The predicted molar refractivity (Wildman–Crippen MR) is 69.0 cm³/mol. The Morgan fingerprint density at radius 2 is 2.00 bits per heavy atom. The lowest BCUT2D eigenvalue weighted by atomic mass is 9.69. The summed E-state index contributed by atoms with van der Waals surface area (Å²) in [6.45, 7) is 5.01. The third-order valence-electron chi connectivity index (χ3n) is 4.83. The highest BCUT2D eigenvalue weighted by atomic mass is 16.5. The average Bonchev–Trinajstić information content (AvgIpc) is 2.66. The van der Waals surface area contributed by atoms with E-state index < -0.39 is 0 Å². The van der Waals surface area contributed by atoms with E-state index in [0.717, 1.165) is 31.6 Å². The molecule has 1 saturated heterocycles. The van der Waals surface area contributed by atoms with Crippen LogP contribution in [0.2, 0.25) is 0 Å². The molecule has 1 heterocycles. The van der Waals surface area contributed by atoms with Crippen LogP contribution in [-0.2, 0) is 14.3 Å². The Morgan fingerprint density at radius 3 is 2.50 bits per heavy atom. The van der Waals surface area contributed by atoms with Crippen molar-refractivity contribution in [2.24, 2.45) is 23.5 Å². The summed E-state index contributed by atoms with van der Waals surface area (Å²) < 4.78 is 10.8. The SMILES string of the molecule is COC(=O)C1C(N)COC12CCC(C(C)C)CC2. The molecule has 0 aromatic heterocycles. The van der Waals surface area contributed by atoms with Crippen LogP contribution in [0.15, 0.2) is 0 Å². The molecule has 1 aliphatic heterocycles. The van der Waals surface area contributed by atoms with Crippen molar-refractivity contribution < 1.29 is 14.3 Å². The van der Waals surface area contributed by atoms with Gasteiger partial charge in [0.1, 0.15) is 5.92 Å². The topological polar surface area (TPSA) is 61.5 Å². The molecule has 0 radical (unpaired) electrons. The fourth-order valence-electron chi connectivity index (χ4n) is 3.61. The molecular weight excluding hydrogens is 230 g/mol. The zero-order valence-electron chi connectivity index (χ0n) is 11.6.